The highest BCUT2D eigenvalue weighted by molar-refractivity contribution is 6.31. The Labute approximate surface area is 126 Å². The van der Waals surface area contributed by atoms with Gasteiger partial charge in [-0.05, 0) is 29.1 Å². The van der Waals surface area contributed by atoms with Gasteiger partial charge >= 0.3 is 0 Å². The van der Waals surface area contributed by atoms with E-state index in [0.717, 1.165) is 16.3 Å². The average molecular weight is 302 g/mol. The minimum atomic E-state index is -0.840. The number of halogens is 2. The number of hydrogen-bond acceptors (Lipinski definition) is 2. The van der Waals surface area contributed by atoms with Crippen molar-refractivity contribution in [3.63, 3.8) is 0 Å². The van der Waals surface area contributed by atoms with Gasteiger partial charge in [0.05, 0.1) is 6.10 Å². The van der Waals surface area contributed by atoms with E-state index in [1.807, 2.05) is 24.3 Å². The Bertz CT molecular complexity index is 765. The summed E-state index contributed by atoms with van der Waals surface area (Å²) in [6.07, 6.45) is 2.69. The number of rotatable bonds is 3. The second-order valence-electron chi connectivity index (χ2n) is 4.86. The Morgan fingerprint density at radius 3 is 2.76 bits per heavy atom. The van der Waals surface area contributed by atoms with Crippen LogP contribution in [0.5, 0.6) is 0 Å². The summed E-state index contributed by atoms with van der Waals surface area (Å²) in [7, 11) is 0. The zero-order chi connectivity index (χ0) is 14.8. The van der Waals surface area contributed by atoms with Gasteiger partial charge in [-0.15, -0.1) is 0 Å². The Balaban J connectivity index is 2.00. The van der Waals surface area contributed by atoms with E-state index in [1.54, 1.807) is 24.5 Å². The molecule has 21 heavy (non-hydrogen) atoms. The molecule has 0 radical (unpaired) electrons. The summed E-state index contributed by atoms with van der Waals surface area (Å²) < 4.78 is 13.8. The molecule has 0 saturated carbocycles. The van der Waals surface area contributed by atoms with Crippen LogP contribution in [0.2, 0.25) is 5.02 Å². The fourth-order valence-electron chi connectivity index (χ4n) is 2.46. The molecular weight excluding hydrogens is 289 g/mol. The quantitative estimate of drug-likeness (QED) is 0.782. The van der Waals surface area contributed by atoms with Gasteiger partial charge < -0.3 is 5.11 Å². The molecule has 0 amide bonds. The fraction of sp³-hybridized carbons (Fsp3) is 0.118. The summed E-state index contributed by atoms with van der Waals surface area (Å²) >= 11 is 6.02. The Morgan fingerprint density at radius 1 is 1.14 bits per heavy atom. The van der Waals surface area contributed by atoms with Crippen LogP contribution in [-0.2, 0) is 6.42 Å². The van der Waals surface area contributed by atoms with Gasteiger partial charge in [0.15, 0.2) is 0 Å². The lowest BCUT2D eigenvalue weighted by Crippen LogP contribution is -2.05. The van der Waals surface area contributed by atoms with Crippen molar-refractivity contribution in [3.8, 4) is 0 Å². The van der Waals surface area contributed by atoms with Crippen molar-refractivity contribution < 1.29 is 9.50 Å². The molecule has 1 unspecified atom stereocenters. The highest BCUT2D eigenvalue weighted by atomic mass is 35.5. The average Bonchev–Trinajstić information content (AvgIpc) is 2.50. The van der Waals surface area contributed by atoms with Crippen LogP contribution in [-0.4, -0.2) is 10.1 Å². The minimum Gasteiger partial charge on any atom is -0.388 e. The van der Waals surface area contributed by atoms with Crippen molar-refractivity contribution in [1.82, 2.24) is 4.98 Å². The first-order valence-electron chi connectivity index (χ1n) is 6.60. The minimum absolute atomic E-state index is 0.125. The molecule has 0 saturated heterocycles. The third kappa shape index (κ3) is 2.75. The summed E-state index contributed by atoms with van der Waals surface area (Å²) in [6.45, 7) is 0. The normalized spacial score (nSPS) is 12.5. The van der Waals surface area contributed by atoms with Gasteiger partial charge in [0, 0.05) is 34.8 Å². The van der Waals surface area contributed by atoms with Crippen molar-refractivity contribution in [2.75, 3.05) is 0 Å². The monoisotopic (exact) mass is 301 g/mol. The maximum Gasteiger partial charge on any atom is 0.127 e. The molecule has 0 fully saturated rings. The largest absolute Gasteiger partial charge is 0.388 e. The van der Waals surface area contributed by atoms with Gasteiger partial charge in [0.25, 0.3) is 0 Å². The van der Waals surface area contributed by atoms with E-state index in [4.69, 9.17) is 11.6 Å². The molecular formula is C17H13ClFNO. The van der Waals surface area contributed by atoms with Gasteiger partial charge in [-0.3, -0.25) is 4.98 Å². The molecule has 4 heteroatoms. The first-order valence-corrected chi connectivity index (χ1v) is 6.98. The fourth-order valence-corrected chi connectivity index (χ4v) is 2.70. The predicted molar refractivity (Wildman–Crippen MR) is 81.8 cm³/mol. The molecule has 0 spiro atoms. The number of benzene rings is 2. The number of nitrogens with zero attached hydrogens (tertiary/aromatic N) is 1. The smallest absolute Gasteiger partial charge is 0.127 e. The van der Waals surface area contributed by atoms with Crippen LogP contribution in [0.15, 0.2) is 54.9 Å². The number of aromatic nitrogens is 1. The van der Waals surface area contributed by atoms with Crippen LogP contribution in [0.3, 0.4) is 0 Å². The molecule has 0 aliphatic carbocycles. The molecule has 2 aromatic carbocycles. The molecule has 0 aliphatic rings. The number of hydrogen-bond donors (Lipinski definition) is 1. The summed E-state index contributed by atoms with van der Waals surface area (Å²) in [5, 5.41) is 12.6. The van der Waals surface area contributed by atoms with Crippen molar-refractivity contribution in [1.29, 1.82) is 0 Å². The van der Waals surface area contributed by atoms with Crippen molar-refractivity contribution in [2.45, 2.75) is 12.5 Å². The maximum atomic E-state index is 13.8. The number of fused-ring (bicyclic) bond motifs is 1. The Morgan fingerprint density at radius 2 is 1.95 bits per heavy atom. The summed E-state index contributed by atoms with van der Waals surface area (Å²) in [6, 6.07) is 12.0. The molecule has 3 aromatic rings. The van der Waals surface area contributed by atoms with Crippen LogP contribution in [0.1, 0.15) is 17.2 Å². The predicted octanol–water partition coefficient (Wildman–Crippen LogP) is 4.30. The lowest BCUT2D eigenvalue weighted by Gasteiger charge is -2.15. The summed E-state index contributed by atoms with van der Waals surface area (Å²) in [4.78, 5) is 4.09. The second kappa shape index (κ2) is 5.80. The number of aliphatic hydroxyl groups excluding tert-OH is 1. The highest BCUT2D eigenvalue weighted by Gasteiger charge is 2.16. The van der Waals surface area contributed by atoms with E-state index >= 15 is 0 Å². The second-order valence-corrected chi connectivity index (χ2v) is 5.27. The van der Waals surface area contributed by atoms with Gasteiger partial charge in [-0.25, -0.2) is 4.39 Å². The van der Waals surface area contributed by atoms with Crippen molar-refractivity contribution in [2.24, 2.45) is 0 Å². The van der Waals surface area contributed by atoms with E-state index in [0.29, 0.717) is 10.6 Å². The lowest BCUT2D eigenvalue weighted by atomic mass is 9.97. The van der Waals surface area contributed by atoms with Crippen molar-refractivity contribution in [3.05, 3.63) is 76.8 Å². The first kappa shape index (κ1) is 14.0. The van der Waals surface area contributed by atoms with Gasteiger partial charge in [0.2, 0.25) is 0 Å². The molecule has 0 aliphatic heterocycles. The van der Waals surface area contributed by atoms with E-state index < -0.39 is 11.9 Å². The van der Waals surface area contributed by atoms with Crippen molar-refractivity contribution >= 4 is 22.4 Å². The molecule has 1 atom stereocenters. The Kier molecular flexibility index (Phi) is 3.86. The SMILES string of the molecule is OC(Cc1c(F)cccc1Cl)c1cccc2ccncc12. The molecule has 0 bridgehead atoms. The van der Waals surface area contributed by atoms with Crippen LogP contribution in [0.4, 0.5) is 4.39 Å². The van der Waals surface area contributed by atoms with Gasteiger partial charge in [-0.2, -0.15) is 0 Å². The van der Waals surface area contributed by atoms with Crippen LogP contribution < -0.4 is 0 Å². The standard InChI is InChI=1S/C17H13ClFNO/c18-15-5-2-6-16(19)13(15)9-17(21)12-4-1-3-11-7-8-20-10-14(11)12/h1-8,10,17,21H,9H2. The van der Waals surface area contributed by atoms with E-state index in [1.165, 1.54) is 6.07 Å². The topological polar surface area (TPSA) is 33.1 Å². The van der Waals surface area contributed by atoms with Gasteiger partial charge in [0.1, 0.15) is 5.82 Å². The zero-order valence-electron chi connectivity index (χ0n) is 11.1. The van der Waals surface area contributed by atoms with E-state index in [2.05, 4.69) is 4.98 Å². The summed E-state index contributed by atoms with van der Waals surface area (Å²) in [5.41, 5.74) is 1.05. The third-order valence-electron chi connectivity index (χ3n) is 3.54. The molecule has 3 rings (SSSR count). The molecule has 1 N–H and O–H groups in total. The Hall–Kier alpha value is -1.97. The molecule has 1 aromatic heterocycles. The summed E-state index contributed by atoms with van der Waals surface area (Å²) in [5.74, 6) is -0.403. The van der Waals surface area contributed by atoms with Crippen LogP contribution >= 0.6 is 11.6 Å². The van der Waals surface area contributed by atoms with E-state index in [9.17, 15) is 9.50 Å². The highest BCUT2D eigenvalue weighted by Crippen LogP contribution is 2.29. The van der Waals surface area contributed by atoms with Crippen LogP contribution in [0.25, 0.3) is 10.8 Å². The number of aliphatic hydroxyl groups is 1. The maximum absolute atomic E-state index is 13.8. The number of pyridine rings is 1. The third-order valence-corrected chi connectivity index (χ3v) is 3.89. The molecule has 106 valence electrons. The molecule has 1 heterocycles. The lowest BCUT2D eigenvalue weighted by molar-refractivity contribution is 0.178. The van der Waals surface area contributed by atoms with Gasteiger partial charge in [-0.1, -0.05) is 35.9 Å². The van der Waals surface area contributed by atoms with Crippen LogP contribution in [0, 0.1) is 5.82 Å². The molecule has 2 nitrogen and oxygen atoms in total. The zero-order valence-corrected chi connectivity index (χ0v) is 11.9. The van der Waals surface area contributed by atoms with E-state index in [-0.39, 0.29) is 6.42 Å². The first-order chi connectivity index (χ1) is 10.2.